The summed E-state index contributed by atoms with van der Waals surface area (Å²) in [5.74, 6) is 0.449. The fourth-order valence-corrected chi connectivity index (χ4v) is 6.34. The van der Waals surface area contributed by atoms with Gasteiger partial charge in [0, 0.05) is 9.89 Å². The van der Waals surface area contributed by atoms with E-state index in [1.54, 1.807) is 0 Å². The Labute approximate surface area is 232 Å². The normalized spacial score (nSPS) is 18.4. The molecule has 0 spiro atoms. The summed E-state index contributed by atoms with van der Waals surface area (Å²) in [6.45, 7) is 0. The topological polar surface area (TPSA) is 0 Å². The van der Waals surface area contributed by atoms with Crippen molar-refractivity contribution in [1.82, 2.24) is 0 Å². The van der Waals surface area contributed by atoms with Gasteiger partial charge in [-0.05, 0) is 74.2 Å². The van der Waals surface area contributed by atoms with Crippen LogP contribution in [0.3, 0.4) is 0 Å². The van der Waals surface area contributed by atoms with Crippen LogP contribution in [0.25, 0.3) is 33.0 Å². The third-order valence-corrected chi connectivity index (χ3v) is 8.75. The van der Waals surface area contributed by atoms with E-state index in [2.05, 4.69) is 162 Å². The van der Waals surface area contributed by atoms with Crippen molar-refractivity contribution in [3.63, 3.8) is 0 Å². The number of halogens is 1. The Hall–Kier alpha value is -3.94. The minimum Gasteiger partial charge on any atom is -0.0622 e. The molecule has 182 valence electrons. The molecule has 0 nitrogen and oxygen atoms in total. The van der Waals surface area contributed by atoms with E-state index >= 15 is 0 Å². The van der Waals surface area contributed by atoms with Crippen LogP contribution in [0, 0.1) is 0 Å². The second-order valence-electron chi connectivity index (χ2n) is 10.4. The first-order valence-corrected chi connectivity index (χ1v) is 14.0. The molecule has 0 amide bonds. The van der Waals surface area contributed by atoms with Crippen LogP contribution in [0.1, 0.15) is 29.0 Å². The van der Waals surface area contributed by atoms with Crippen LogP contribution in [-0.2, 0) is 5.41 Å². The van der Waals surface area contributed by atoms with Crippen LogP contribution in [0.4, 0.5) is 0 Å². The molecule has 0 aromatic heterocycles. The van der Waals surface area contributed by atoms with E-state index in [0.717, 1.165) is 10.9 Å². The van der Waals surface area contributed by atoms with E-state index in [9.17, 15) is 0 Å². The van der Waals surface area contributed by atoms with E-state index in [1.807, 2.05) is 0 Å². The average molecular weight is 552 g/mol. The maximum absolute atomic E-state index is 3.55. The van der Waals surface area contributed by atoms with Crippen molar-refractivity contribution < 1.29 is 0 Å². The molecule has 1 heteroatoms. The van der Waals surface area contributed by atoms with E-state index in [4.69, 9.17) is 0 Å². The molecule has 2 unspecified atom stereocenters. The summed E-state index contributed by atoms with van der Waals surface area (Å²) in [5, 5.41) is 2.60. The van der Waals surface area contributed by atoms with Crippen LogP contribution < -0.4 is 0 Å². The van der Waals surface area contributed by atoms with Gasteiger partial charge in [-0.15, -0.1) is 0 Å². The minimum atomic E-state index is -0.0155. The van der Waals surface area contributed by atoms with Gasteiger partial charge in [-0.3, -0.25) is 0 Å². The van der Waals surface area contributed by atoms with Gasteiger partial charge < -0.3 is 0 Å². The molecule has 0 aliphatic heterocycles. The lowest BCUT2D eigenvalue weighted by Crippen LogP contribution is -2.12. The lowest BCUT2D eigenvalue weighted by molar-refractivity contribution is 0.805. The Balaban J connectivity index is 1.28. The zero-order valence-corrected chi connectivity index (χ0v) is 22.6. The molecule has 0 saturated heterocycles. The lowest BCUT2D eigenvalue weighted by atomic mass is 9.82. The summed E-state index contributed by atoms with van der Waals surface area (Å²) in [6.07, 6.45) is 1.12. The van der Waals surface area contributed by atoms with Gasteiger partial charge in [-0.1, -0.05) is 149 Å². The molecular formula is C37H27Br. The summed E-state index contributed by atoms with van der Waals surface area (Å²) in [7, 11) is 0. The van der Waals surface area contributed by atoms with E-state index in [-0.39, 0.29) is 5.41 Å². The van der Waals surface area contributed by atoms with Gasteiger partial charge in [0.15, 0.2) is 0 Å². The smallest absolute Gasteiger partial charge is 0.0278 e. The highest BCUT2D eigenvalue weighted by Gasteiger charge is 2.57. The van der Waals surface area contributed by atoms with Crippen molar-refractivity contribution in [2.75, 3.05) is 0 Å². The van der Waals surface area contributed by atoms with Crippen molar-refractivity contribution in [2.45, 2.75) is 17.8 Å². The highest BCUT2D eigenvalue weighted by molar-refractivity contribution is 9.10. The van der Waals surface area contributed by atoms with E-state index in [0.29, 0.717) is 5.92 Å². The van der Waals surface area contributed by atoms with Crippen LogP contribution in [0.5, 0.6) is 0 Å². The number of rotatable bonds is 5. The zero-order valence-electron chi connectivity index (χ0n) is 21.0. The Morgan fingerprint density at radius 3 is 1.68 bits per heavy atom. The first kappa shape index (κ1) is 23.2. The predicted molar refractivity (Wildman–Crippen MR) is 164 cm³/mol. The lowest BCUT2D eigenvalue weighted by Gasteiger charge is -2.21. The first-order chi connectivity index (χ1) is 18.7. The number of hydrogen-bond donors (Lipinski definition) is 0. The molecule has 6 aromatic carbocycles. The van der Waals surface area contributed by atoms with Crippen LogP contribution in [0.15, 0.2) is 150 Å². The third-order valence-electron chi connectivity index (χ3n) is 8.22. The summed E-state index contributed by atoms with van der Waals surface area (Å²) >= 11 is 3.55. The van der Waals surface area contributed by atoms with Gasteiger partial charge in [0.2, 0.25) is 0 Å². The van der Waals surface area contributed by atoms with Crippen molar-refractivity contribution in [3.8, 4) is 22.3 Å². The predicted octanol–water partition coefficient (Wildman–Crippen LogP) is 10.4. The molecule has 0 N–H and O–H groups in total. The second-order valence-corrected chi connectivity index (χ2v) is 11.3. The van der Waals surface area contributed by atoms with Crippen molar-refractivity contribution in [2.24, 2.45) is 0 Å². The fraction of sp³-hybridized carbons (Fsp3) is 0.0811. The molecule has 6 aromatic rings. The summed E-state index contributed by atoms with van der Waals surface area (Å²) < 4.78 is 1.11. The largest absolute Gasteiger partial charge is 0.0622 e. The maximum atomic E-state index is 3.55. The van der Waals surface area contributed by atoms with Crippen LogP contribution in [-0.4, -0.2) is 0 Å². The first-order valence-electron chi connectivity index (χ1n) is 13.2. The molecule has 7 rings (SSSR count). The van der Waals surface area contributed by atoms with Gasteiger partial charge in [-0.2, -0.15) is 0 Å². The Morgan fingerprint density at radius 1 is 0.474 bits per heavy atom. The molecule has 38 heavy (non-hydrogen) atoms. The van der Waals surface area contributed by atoms with Gasteiger partial charge in [-0.25, -0.2) is 0 Å². The minimum absolute atomic E-state index is 0.0155. The van der Waals surface area contributed by atoms with Gasteiger partial charge in [0.25, 0.3) is 0 Å². The molecule has 0 heterocycles. The van der Waals surface area contributed by atoms with Gasteiger partial charge in [0.1, 0.15) is 0 Å². The van der Waals surface area contributed by atoms with E-state index < -0.39 is 0 Å². The van der Waals surface area contributed by atoms with Gasteiger partial charge in [0.05, 0.1) is 0 Å². The fourth-order valence-electron chi connectivity index (χ4n) is 6.08. The summed E-state index contributed by atoms with van der Waals surface area (Å²) in [5.41, 5.74) is 9.22. The van der Waals surface area contributed by atoms with Crippen molar-refractivity contribution >= 4 is 26.7 Å². The Bertz CT molecular complexity index is 1720. The molecular weight excluding hydrogens is 524 g/mol. The number of fused-ring (bicyclic) bond motifs is 1. The highest BCUT2D eigenvalue weighted by Crippen LogP contribution is 2.64. The number of hydrogen-bond acceptors (Lipinski definition) is 0. The second kappa shape index (κ2) is 9.42. The highest BCUT2D eigenvalue weighted by atomic mass is 79.9. The monoisotopic (exact) mass is 550 g/mol. The molecule has 2 atom stereocenters. The van der Waals surface area contributed by atoms with Crippen molar-refractivity contribution in [3.05, 3.63) is 167 Å². The molecule has 1 fully saturated rings. The number of benzene rings is 6. The van der Waals surface area contributed by atoms with Crippen LogP contribution in [0.2, 0.25) is 0 Å². The van der Waals surface area contributed by atoms with Crippen molar-refractivity contribution in [1.29, 1.82) is 0 Å². The average Bonchev–Trinajstić information content (AvgIpc) is 3.75. The van der Waals surface area contributed by atoms with Crippen LogP contribution >= 0.6 is 15.9 Å². The Morgan fingerprint density at radius 2 is 1.00 bits per heavy atom. The molecule has 0 radical (unpaired) electrons. The molecule has 1 aliphatic carbocycles. The van der Waals surface area contributed by atoms with Gasteiger partial charge >= 0.3 is 0 Å². The molecule has 1 saturated carbocycles. The van der Waals surface area contributed by atoms with E-state index in [1.165, 1.54) is 49.7 Å². The molecule has 0 bridgehead atoms. The maximum Gasteiger partial charge on any atom is 0.0278 e. The Kier molecular flexibility index (Phi) is 5.75. The summed E-state index contributed by atoms with van der Waals surface area (Å²) in [4.78, 5) is 0. The third kappa shape index (κ3) is 4.08. The molecule has 1 aliphatic rings. The zero-order chi connectivity index (χ0) is 25.5. The summed E-state index contributed by atoms with van der Waals surface area (Å²) in [6, 6.07) is 53.5. The SMILES string of the molecule is Brc1ccc(-c2ccc(C3CC3(c3ccc(-c4ccccc4)cc3)c3ccc4ccccc4c3)cc2)cc1. The standard InChI is InChI=1S/C37H27Br/c38-35-22-17-30(18-23-35)28-10-12-31(13-11-28)36-25-37(36,34-21-16-27-8-4-5-9-32(27)24-34)33-19-14-29(15-20-33)26-6-2-1-3-7-26/h1-24,36H,25H2. The quantitative estimate of drug-likeness (QED) is 0.200.